The largest absolute Gasteiger partial charge is 0.456 e. The molecule has 0 atom stereocenters. The monoisotopic (exact) mass is 384 g/mol. The van der Waals surface area contributed by atoms with E-state index in [0.717, 1.165) is 0 Å². The minimum Gasteiger partial charge on any atom is -0.456 e. The molecule has 1 rings (SSSR count). The number of anilines is 1. The van der Waals surface area contributed by atoms with E-state index < -0.39 is 21.9 Å². The molecule has 7 nitrogen and oxygen atoms in total. The molecule has 8 heteroatoms. The second-order valence-corrected chi connectivity index (χ2v) is 9.58. The van der Waals surface area contributed by atoms with Gasteiger partial charge in [-0.1, -0.05) is 20.8 Å². The van der Waals surface area contributed by atoms with Crippen molar-refractivity contribution in [3.05, 3.63) is 24.3 Å². The van der Waals surface area contributed by atoms with E-state index in [-0.39, 0.29) is 29.4 Å². The highest BCUT2D eigenvalue weighted by Crippen LogP contribution is 2.20. The SMILES string of the molecule is CC(C)N(C)S(=O)(=O)c1ccc(NC(=O)COC(=O)CC(C)(C)C)cc1. The minimum atomic E-state index is -3.57. The van der Waals surface area contributed by atoms with E-state index in [1.54, 1.807) is 13.8 Å². The molecular weight excluding hydrogens is 356 g/mol. The van der Waals surface area contributed by atoms with E-state index in [2.05, 4.69) is 5.32 Å². The number of carbonyl (C=O) groups excluding carboxylic acids is 2. The first-order chi connectivity index (χ1) is 11.8. The molecule has 0 aliphatic heterocycles. The van der Waals surface area contributed by atoms with Crippen LogP contribution in [-0.4, -0.2) is 44.3 Å². The maximum Gasteiger partial charge on any atom is 0.306 e. The van der Waals surface area contributed by atoms with Crippen molar-refractivity contribution in [3.8, 4) is 0 Å². The number of sulfonamides is 1. The lowest BCUT2D eigenvalue weighted by molar-refractivity contribution is -0.149. The number of rotatable bonds is 7. The highest BCUT2D eigenvalue weighted by atomic mass is 32.2. The van der Waals surface area contributed by atoms with E-state index >= 15 is 0 Å². The summed E-state index contributed by atoms with van der Waals surface area (Å²) in [6.07, 6.45) is 0.218. The molecule has 0 aliphatic carbocycles. The maximum atomic E-state index is 12.4. The summed E-state index contributed by atoms with van der Waals surface area (Å²) in [4.78, 5) is 23.6. The first-order valence-corrected chi connectivity index (χ1v) is 9.80. The third-order valence-electron chi connectivity index (χ3n) is 3.58. The molecule has 0 bridgehead atoms. The van der Waals surface area contributed by atoms with Gasteiger partial charge in [-0.15, -0.1) is 0 Å². The summed E-state index contributed by atoms with van der Waals surface area (Å²) in [6.45, 7) is 8.90. The van der Waals surface area contributed by atoms with Gasteiger partial charge in [0.15, 0.2) is 6.61 Å². The van der Waals surface area contributed by atoms with Crippen LogP contribution in [0.3, 0.4) is 0 Å². The topological polar surface area (TPSA) is 92.8 Å². The van der Waals surface area contributed by atoms with Gasteiger partial charge in [0, 0.05) is 18.8 Å². The lowest BCUT2D eigenvalue weighted by Crippen LogP contribution is -2.33. The van der Waals surface area contributed by atoms with Gasteiger partial charge in [0.2, 0.25) is 10.0 Å². The Kier molecular flexibility index (Phi) is 7.35. The maximum absolute atomic E-state index is 12.4. The van der Waals surface area contributed by atoms with Crippen molar-refractivity contribution in [3.63, 3.8) is 0 Å². The standard InChI is InChI=1S/C18H28N2O5S/c1-13(2)20(6)26(23,24)15-9-7-14(8-10-15)19-16(21)12-25-17(22)11-18(3,4)5/h7-10,13H,11-12H2,1-6H3,(H,19,21). The third-order valence-corrected chi connectivity index (χ3v) is 5.63. The molecule has 1 aromatic rings. The molecular formula is C18H28N2O5S. The minimum absolute atomic E-state index is 0.142. The molecule has 1 aromatic carbocycles. The average Bonchev–Trinajstić information content (AvgIpc) is 2.51. The summed E-state index contributed by atoms with van der Waals surface area (Å²) in [7, 11) is -2.06. The second-order valence-electron chi connectivity index (χ2n) is 7.59. The normalized spacial score (nSPS) is 12.3. The van der Waals surface area contributed by atoms with Gasteiger partial charge < -0.3 is 10.1 Å². The Morgan fingerprint density at radius 2 is 1.69 bits per heavy atom. The van der Waals surface area contributed by atoms with E-state index in [1.807, 2.05) is 20.8 Å². The summed E-state index contributed by atoms with van der Waals surface area (Å²) >= 11 is 0. The number of benzene rings is 1. The van der Waals surface area contributed by atoms with Gasteiger partial charge in [-0.3, -0.25) is 9.59 Å². The molecule has 0 aromatic heterocycles. The number of carbonyl (C=O) groups is 2. The fourth-order valence-electron chi connectivity index (χ4n) is 1.98. The number of amides is 1. The highest BCUT2D eigenvalue weighted by Gasteiger charge is 2.23. The predicted molar refractivity (Wildman–Crippen MR) is 100 cm³/mol. The predicted octanol–water partition coefficient (Wildman–Crippen LogP) is 2.63. The summed E-state index contributed by atoms with van der Waals surface area (Å²) < 4.78 is 31.0. The fourth-order valence-corrected chi connectivity index (χ4v) is 3.35. The van der Waals surface area contributed by atoms with Gasteiger partial charge in [0.25, 0.3) is 5.91 Å². The smallest absolute Gasteiger partial charge is 0.306 e. The number of esters is 1. The second kappa shape index (κ2) is 8.64. The van der Waals surface area contributed by atoms with Crippen molar-refractivity contribution in [1.29, 1.82) is 0 Å². The van der Waals surface area contributed by atoms with Gasteiger partial charge in [-0.2, -0.15) is 4.31 Å². The van der Waals surface area contributed by atoms with Crippen LogP contribution in [0, 0.1) is 5.41 Å². The molecule has 0 saturated heterocycles. The van der Waals surface area contributed by atoms with E-state index in [9.17, 15) is 18.0 Å². The zero-order chi connectivity index (χ0) is 20.1. The third kappa shape index (κ3) is 6.76. The zero-order valence-electron chi connectivity index (χ0n) is 16.2. The van der Waals surface area contributed by atoms with Gasteiger partial charge in [-0.05, 0) is 43.5 Å². The van der Waals surface area contributed by atoms with E-state index in [0.29, 0.717) is 5.69 Å². The zero-order valence-corrected chi connectivity index (χ0v) is 17.0. The number of nitrogens with zero attached hydrogens (tertiary/aromatic N) is 1. The van der Waals surface area contributed by atoms with Crippen molar-refractivity contribution in [2.45, 2.75) is 52.0 Å². The summed E-state index contributed by atoms with van der Waals surface area (Å²) in [5.41, 5.74) is 0.214. The van der Waals surface area contributed by atoms with E-state index in [1.165, 1.54) is 35.6 Å². The van der Waals surface area contributed by atoms with Gasteiger partial charge in [0.1, 0.15) is 0 Å². The highest BCUT2D eigenvalue weighted by molar-refractivity contribution is 7.89. The Morgan fingerprint density at radius 3 is 2.15 bits per heavy atom. The molecule has 0 fully saturated rings. The van der Waals surface area contributed by atoms with Crippen LogP contribution in [0.4, 0.5) is 5.69 Å². The van der Waals surface area contributed by atoms with Crippen LogP contribution in [0.15, 0.2) is 29.2 Å². The Bertz CT molecular complexity index is 734. The van der Waals surface area contributed by atoms with Crippen molar-refractivity contribution in [2.75, 3.05) is 19.0 Å². The van der Waals surface area contributed by atoms with Crippen molar-refractivity contribution in [1.82, 2.24) is 4.31 Å². The van der Waals surface area contributed by atoms with Crippen molar-refractivity contribution < 1.29 is 22.7 Å². The molecule has 0 aliphatic rings. The van der Waals surface area contributed by atoms with Crippen molar-refractivity contribution in [2.24, 2.45) is 5.41 Å². The molecule has 146 valence electrons. The molecule has 0 heterocycles. The van der Waals surface area contributed by atoms with Gasteiger partial charge >= 0.3 is 5.97 Å². The molecule has 1 N–H and O–H groups in total. The average molecular weight is 384 g/mol. The quantitative estimate of drug-likeness (QED) is 0.730. The fraction of sp³-hybridized carbons (Fsp3) is 0.556. The van der Waals surface area contributed by atoms with E-state index in [4.69, 9.17) is 4.74 Å². The molecule has 0 spiro atoms. The molecule has 0 unspecified atom stereocenters. The lowest BCUT2D eigenvalue weighted by atomic mass is 9.92. The van der Waals surface area contributed by atoms with Crippen LogP contribution in [-0.2, 0) is 24.3 Å². The van der Waals surface area contributed by atoms with Crippen LogP contribution in [0.25, 0.3) is 0 Å². The Balaban J connectivity index is 2.65. The lowest BCUT2D eigenvalue weighted by Gasteiger charge is -2.21. The Morgan fingerprint density at radius 1 is 1.15 bits per heavy atom. The van der Waals surface area contributed by atoms with Gasteiger partial charge in [-0.25, -0.2) is 8.42 Å². The molecule has 1 amide bonds. The summed E-state index contributed by atoms with van der Waals surface area (Å²) in [6, 6.07) is 5.68. The van der Waals surface area contributed by atoms with Crippen LogP contribution in [0.2, 0.25) is 0 Å². The first kappa shape index (κ1) is 22.1. The summed E-state index contributed by atoms with van der Waals surface area (Å²) in [5, 5.41) is 2.57. The van der Waals surface area contributed by atoms with Crippen LogP contribution in [0.1, 0.15) is 41.0 Å². The number of nitrogens with one attached hydrogen (secondary N) is 1. The van der Waals surface area contributed by atoms with Crippen LogP contribution in [0.5, 0.6) is 0 Å². The van der Waals surface area contributed by atoms with Crippen LogP contribution >= 0.6 is 0 Å². The molecule has 0 saturated carbocycles. The number of hydrogen-bond acceptors (Lipinski definition) is 5. The van der Waals surface area contributed by atoms with Crippen LogP contribution < -0.4 is 5.32 Å². The van der Waals surface area contributed by atoms with Gasteiger partial charge in [0.05, 0.1) is 11.3 Å². The summed E-state index contributed by atoms with van der Waals surface area (Å²) in [5.74, 6) is -0.923. The first-order valence-electron chi connectivity index (χ1n) is 8.36. The molecule has 0 radical (unpaired) electrons. The number of hydrogen-bond donors (Lipinski definition) is 1. The Labute approximate surface area is 155 Å². The number of ether oxygens (including phenoxy) is 1. The molecule has 26 heavy (non-hydrogen) atoms. The Hall–Kier alpha value is -1.93. The van der Waals surface area contributed by atoms with Crippen molar-refractivity contribution >= 4 is 27.6 Å².